The molecule has 2 aromatic rings. The van der Waals surface area contributed by atoms with E-state index in [9.17, 15) is 18.0 Å². The summed E-state index contributed by atoms with van der Waals surface area (Å²) in [7, 11) is 0. The summed E-state index contributed by atoms with van der Waals surface area (Å²) < 4.78 is 44.5. The molecule has 5 rings (SSSR count). The van der Waals surface area contributed by atoms with E-state index in [1.165, 1.54) is 25.0 Å². The number of halogens is 3. The molecule has 170 valence electrons. The lowest BCUT2D eigenvalue weighted by atomic mass is 10.1. The molecule has 6 nitrogen and oxygen atoms in total. The van der Waals surface area contributed by atoms with Crippen molar-refractivity contribution in [1.29, 1.82) is 0 Å². The van der Waals surface area contributed by atoms with Crippen molar-refractivity contribution < 1.29 is 22.7 Å². The Bertz CT molecular complexity index is 961. The number of hydrogen-bond donors (Lipinski definition) is 0. The first-order chi connectivity index (χ1) is 15.4. The smallest absolute Gasteiger partial charge is 0.416 e. The van der Waals surface area contributed by atoms with Gasteiger partial charge in [0.2, 0.25) is 5.88 Å². The summed E-state index contributed by atoms with van der Waals surface area (Å²) in [6.07, 6.45) is 2.98. The predicted molar refractivity (Wildman–Crippen MR) is 110 cm³/mol. The van der Waals surface area contributed by atoms with Gasteiger partial charge in [0.25, 0.3) is 5.91 Å². The van der Waals surface area contributed by atoms with Gasteiger partial charge in [0, 0.05) is 50.1 Å². The van der Waals surface area contributed by atoms with Crippen molar-refractivity contribution >= 4 is 5.91 Å². The number of benzene rings is 1. The first kappa shape index (κ1) is 21.2. The van der Waals surface area contributed by atoms with Gasteiger partial charge in [0.1, 0.15) is 6.10 Å². The van der Waals surface area contributed by atoms with Gasteiger partial charge >= 0.3 is 6.18 Å². The Labute approximate surface area is 184 Å². The van der Waals surface area contributed by atoms with E-state index in [-0.39, 0.29) is 23.6 Å². The Balaban J connectivity index is 1.20. The second-order valence-electron chi connectivity index (χ2n) is 8.86. The molecule has 9 heteroatoms. The van der Waals surface area contributed by atoms with E-state index in [1.54, 1.807) is 17.3 Å². The second-order valence-corrected chi connectivity index (χ2v) is 8.86. The van der Waals surface area contributed by atoms with Gasteiger partial charge in [-0.15, -0.1) is 0 Å². The molecule has 2 saturated heterocycles. The molecular formula is C23H25F3N4O2. The van der Waals surface area contributed by atoms with Crippen LogP contribution in [0.5, 0.6) is 5.88 Å². The summed E-state index contributed by atoms with van der Waals surface area (Å²) >= 11 is 0. The lowest BCUT2D eigenvalue weighted by Gasteiger charge is -2.25. The first-order valence-electron chi connectivity index (χ1n) is 11.1. The molecule has 2 aliphatic heterocycles. The Kier molecular flexibility index (Phi) is 5.53. The van der Waals surface area contributed by atoms with E-state index in [2.05, 4.69) is 14.9 Å². The normalized spacial score (nSPS) is 24.2. The molecule has 2 atom stereocenters. The third kappa shape index (κ3) is 4.57. The van der Waals surface area contributed by atoms with E-state index in [1.807, 2.05) is 0 Å². The molecule has 1 aliphatic carbocycles. The third-order valence-corrected chi connectivity index (χ3v) is 6.47. The Morgan fingerprint density at radius 3 is 2.47 bits per heavy atom. The molecule has 3 aliphatic rings. The molecule has 0 bridgehead atoms. The highest BCUT2D eigenvalue weighted by molar-refractivity contribution is 5.94. The lowest BCUT2D eigenvalue weighted by Crippen LogP contribution is -2.39. The molecule has 0 radical (unpaired) electrons. The minimum Gasteiger partial charge on any atom is -0.472 e. The van der Waals surface area contributed by atoms with Gasteiger partial charge in [0.15, 0.2) is 0 Å². The van der Waals surface area contributed by atoms with Crippen molar-refractivity contribution in [3.63, 3.8) is 0 Å². The molecule has 1 aromatic heterocycles. The van der Waals surface area contributed by atoms with Crippen molar-refractivity contribution in [3.8, 4) is 5.88 Å². The van der Waals surface area contributed by atoms with E-state index >= 15 is 0 Å². The van der Waals surface area contributed by atoms with Gasteiger partial charge < -0.3 is 9.64 Å². The number of carbonyl (C=O) groups excluding carboxylic acids is 1. The van der Waals surface area contributed by atoms with Crippen LogP contribution in [0.3, 0.4) is 0 Å². The summed E-state index contributed by atoms with van der Waals surface area (Å²) in [5.74, 6) is 0.843. The second kappa shape index (κ2) is 8.35. The van der Waals surface area contributed by atoms with Crippen LogP contribution in [0.2, 0.25) is 0 Å². The standard InChI is InChI=1S/C23H25F3N4O2/c24-23(25,26)17-6-4-16(5-7-17)22(31)30-9-1-8-29-14-19(10-18(29)13-30)32-21-12-27-20(11-28-21)15-2-3-15/h4-7,11-12,15,18-19H,1-3,8-10,13-14H2/t18-,19-/m1/s1. The minimum atomic E-state index is -4.41. The minimum absolute atomic E-state index is 0.0257. The highest BCUT2D eigenvalue weighted by Gasteiger charge is 2.37. The Morgan fingerprint density at radius 2 is 1.81 bits per heavy atom. The monoisotopic (exact) mass is 446 g/mol. The third-order valence-electron chi connectivity index (χ3n) is 6.47. The molecule has 0 N–H and O–H groups in total. The number of ether oxygens (including phenoxy) is 1. The zero-order valence-corrected chi connectivity index (χ0v) is 17.6. The number of nitrogens with zero attached hydrogens (tertiary/aromatic N) is 4. The molecule has 1 amide bonds. The van der Waals surface area contributed by atoms with Crippen LogP contribution in [0.25, 0.3) is 0 Å². The summed E-state index contributed by atoms with van der Waals surface area (Å²) in [5, 5.41) is 0. The van der Waals surface area contributed by atoms with Crippen molar-refractivity contribution in [2.45, 2.75) is 49.9 Å². The number of amides is 1. The Morgan fingerprint density at radius 1 is 1.03 bits per heavy atom. The maximum atomic E-state index is 12.9. The van der Waals surface area contributed by atoms with Gasteiger partial charge in [-0.1, -0.05) is 0 Å². The Hall–Kier alpha value is -2.68. The van der Waals surface area contributed by atoms with E-state index in [4.69, 9.17) is 4.74 Å². The van der Waals surface area contributed by atoms with Gasteiger partial charge in [0.05, 0.1) is 23.7 Å². The molecule has 0 unspecified atom stereocenters. The molecule has 1 aromatic carbocycles. The van der Waals surface area contributed by atoms with Crippen LogP contribution in [0.1, 0.15) is 53.2 Å². The van der Waals surface area contributed by atoms with Crippen LogP contribution in [0, 0.1) is 0 Å². The van der Waals surface area contributed by atoms with Gasteiger partial charge in [-0.25, -0.2) is 4.98 Å². The van der Waals surface area contributed by atoms with Crippen LogP contribution in [-0.2, 0) is 6.18 Å². The van der Waals surface area contributed by atoms with Crippen LogP contribution in [0.15, 0.2) is 36.7 Å². The van der Waals surface area contributed by atoms with E-state index in [0.29, 0.717) is 24.9 Å². The van der Waals surface area contributed by atoms with Crippen LogP contribution >= 0.6 is 0 Å². The zero-order valence-electron chi connectivity index (χ0n) is 17.6. The van der Waals surface area contributed by atoms with Gasteiger partial charge in [-0.3, -0.25) is 14.7 Å². The maximum Gasteiger partial charge on any atom is 0.416 e. The summed E-state index contributed by atoms with van der Waals surface area (Å²) in [6.45, 7) is 2.74. The topological polar surface area (TPSA) is 58.6 Å². The van der Waals surface area contributed by atoms with E-state index in [0.717, 1.165) is 43.8 Å². The van der Waals surface area contributed by atoms with Crippen LogP contribution in [-0.4, -0.2) is 64.0 Å². The number of rotatable bonds is 4. The van der Waals surface area contributed by atoms with E-state index < -0.39 is 11.7 Å². The van der Waals surface area contributed by atoms with Crippen LogP contribution in [0.4, 0.5) is 13.2 Å². The molecule has 3 heterocycles. The number of carbonyl (C=O) groups is 1. The SMILES string of the molecule is O=C(c1ccc(C(F)(F)F)cc1)N1CCCN2C[C@H](Oc3cnc(C4CC4)cn3)C[C@@H]2C1. The number of fused-ring (bicyclic) bond motifs is 1. The largest absolute Gasteiger partial charge is 0.472 e. The summed E-state index contributed by atoms with van der Waals surface area (Å²) in [5.41, 5.74) is 0.554. The van der Waals surface area contributed by atoms with Crippen molar-refractivity contribution in [3.05, 3.63) is 53.5 Å². The maximum absolute atomic E-state index is 12.9. The highest BCUT2D eigenvalue weighted by Crippen LogP contribution is 2.38. The summed E-state index contributed by atoms with van der Waals surface area (Å²) in [6, 6.07) is 4.61. The highest BCUT2D eigenvalue weighted by atomic mass is 19.4. The average Bonchev–Trinajstić information content (AvgIpc) is 3.58. The average molecular weight is 446 g/mol. The quantitative estimate of drug-likeness (QED) is 0.716. The molecule has 3 fully saturated rings. The fraction of sp³-hybridized carbons (Fsp3) is 0.522. The van der Waals surface area contributed by atoms with Crippen molar-refractivity contribution in [2.24, 2.45) is 0 Å². The number of aromatic nitrogens is 2. The lowest BCUT2D eigenvalue weighted by molar-refractivity contribution is -0.137. The van der Waals surface area contributed by atoms with Crippen LogP contribution < -0.4 is 4.74 Å². The zero-order chi connectivity index (χ0) is 22.3. The van der Waals surface area contributed by atoms with Gasteiger partial charge in [-0.05, 0) is 43.5 Å². The predicted octanol–water partition coefficient (Wildman–Crippen LogP) is 3.74. The van der Waals surface area contributed by atoms with Gasteiger partial charge in [-0.2, -0.15) is 13.2 Å². The van der Waals surface area contributed by atoms with Crippen molar-refractivity contribution in [2.75, 3.05) is 26.2 Å². The molecule has 0 spiro atoms. The molecule has 1 saturated carbocycles. The fourth-order valence-electron chi connectivity index (χ4n) is 4.61. The first-order valence-corrected chi connectivity index (χ1v) is 11.1. The number of alkyl halides is 3. The fourth-order valence-corrected chi connectivity index (χ4v) is 4.61. The van der Waals surface area contributed by atoms with Crippen molar-refractivity contribution in [1.82, 2.24) is 19.8 Å². The molecular weight excluding hydrogens is 421 g/mol. The number of hydrogen-bond acceptors (Lipinski definition) is 5. The molecule has 32 heavy (non-hydrogen) atoms. The summed E-state index contributed by atoms with van der Waals surface area (Å²) in [4.78, 5) is 25.9.